The van der Waals surface area contributed by atoms with Gasteiger partial charge in [0.25, 0.3) is 27.5 Å². The number of carbonyl (C=O) groups is 2. The number of carbonyl (C=O) groups excluding carboxylic acids is 2. The minimum absolute atomic E-state index is 0.0599. The van der Waals surface area contributed by atoms with E-state index in [0.717, 1.165) is 16.4 Å². The van der Waals surface area contributed by atoms with Crippen LogP contribution in [0.2, 0.25) is 5.02 Å². The molecular formula is C29H24ClN5O7S. The van der Waals surface area contributed by atoms with E-state index < -0.39 is 33.3 Å². The second-order valence-electron chi connectivity index (χ2n) is 8.78. The van der Waals surface area contributed by atoms with Crippen molar-refractivity contribution in [3.05, 3.63) is 124 Å². The predicted molar refractivity (Wildman–Crippen MR) is 162 cm³/mol. The normalized spacial score (nSPS) is 11.1. The Kier molecular flexibility index (Phi) is 10.0. The molecule has 4 aromatic rings. The van der Waals surface area contributed by atoms with Gasteiger partial charge in [0.05, 0.1) is 32.4 Å². The molecule has 0 bridgehead atoms. The third kappa shape index (κ3) is 8.38. The molecule has 2 amide bonds. The van der Waals surface area contributed by atoms with Crippen molar-refractivity contribution in [3.63, 3.8) is 0 Å². The molecule has 12 nitrogen and oxygen atoms in total. The lowest BCUT2D eigenvalue weighted by Crippen LogP contribution is -2.39. The minimum Gasteiger partial charge on any atom is -0.484 e. The largest absolute Gasteiger partial charge is 0.484 e. The van der Waals surface area contributed by atoms with Gasteiger partial charge in [-0.2, -0.15) is 5.10 Å². The first-order chi connectivity index (χ1) is 20.6. The van der Waals surface area contributed by atoms with E-state index >= 15 is 0 Å². The van der Waals surface area contributed by atoms with Gasteiger partial charge in [0.2, 0.25) is 0 Å². The van der Waals surface area contributed by atoms with Crippen molar-refractivity contribution in [3.8, 4) is 5.75 Å². The maximum Gasteiger partial charge on any atom is 0.269 e. The fourth-order valence-electron chi connectivity index (χ4n) is 3.67. The SMILES string of the molecule is O=C(CN(c1ccc([N+](=O)[O-])cc1)S(=O)(=O)c1ccccc1)N/N=C\c1ccc(OCC(=O)Nc2ccccc2Cl)cc1. The topological polar surface area (TPSA) is 160 Å². The molecule has 0 unspecified atom stereocenters. The van der Waals surface area contributed by atoms with E-state index in [2.05, 4.69) is 15.8 Å². The number of hydrazone groups is 1. The molecule has 0 radical (unpaired) electrons. The fourth-order valence-corrected chi connectivity index (χ4v) is 5.29. The number of para-hydroxylation sites is 1. The quantitative estimate of drug-likeness (QED) is 0.133. The van der Waals surface area contributed by atoms with Crippen LogP contribution in [0, 0.1) is 10.1 Å². The molecule has 0 spiro atoms. The van der Waals surface area contributed by atoms with Crippen LogP contribution < -0.4 is 19.8 Å². The fraction of sp³-hybridized carbons (Fsp3) is 0.0690. The Morgan fingerprint density at radius 2 is 1.56 bits per heavy atom. The molecule has 14 heteroatoms. The number of sulfonamides is 1. The summed E-state index contributed by atoms with van der Waals surface area (Å²) < 4.78 is 33.0. The van der Waals surface area contributed by atoms with Crippen molar-refractivity contribution >= 4 is 56.7 Å². The molecule has 4 aromatic carbocycles. The first-order valence-electron chi connectivity index (χ1n) is 12.5. The molecule has 0 heterocycles. The number of nitro groups is 1. The zero-order valence-corrected chi connectivity index (χ0v) is 23.9. The second-order valence-corrected chi connectivity index (χ2v) is 11.0. The summed E-state index contributed by atoms with van der Waals surface area (Å²) in [5.74, 6) is -0.725. The predicted octanol–water partition coefficient (Wildman–Crippen LogP) is 4.61. The zero-order valence-electron chi connectivity index (χ0n) is 22.3. The smallest absolute Gasteiger partial charge is 0.269 e. The summed E-state index contributed by atoms with van der Waals surface area (Å²) in [5, 5.41) is 18.0. The number of nitrogens with one attached hydrogen (secondary N) is 2. The molecule has 220 valence electrons. The van der Waals surface area contributed by atoms with Gasteiger partial charge < -0.3 is 10.1 Å². The number of hydrogen-bond acceptors (Lipinski definition) is 8. The van der Waals surface area contributed by atoms with Crippen LogP contribution in [0.15, 0.2) is 113 Å². The third-order valence-corrected chi connectivity index (χ3v) is 7.89. The van der Waals surface area contributed by atoms with Gasteiger partial charge in [0, 0.05) is 12.1 Å². The Balaban J connectivity index is 1.36. The van der Waals surface area contributed by atoms with Crippen molar-refractivity contribution < 1.29 is 27.7 Å². The van der Waals surface area contributed by atoms with E-state index in [1.807, 2.05) is 0 Å². The van der Waals surface area contributed by atoms with E-state index in [9.17, 15) is 28.1 Å². The first-order valence-corrected chi connectivity index (χ1v) is 14.4. The van der Waals surface area contributed by atoms with Crippen LogP contribution in [0.1, 0.15) is 5.56 Å². The summed E-state index contributed by atoms with van der Waals surface area (Å²) >= 11 is 6.03. The molecular weight excluding hydrogens is 598 g/mol. The number of rotatable bonds is 12. The van der Waals surface area contributed by atoms with Gasteiger partial charge in [-0.15, -0.1) is 0 Å². The van der Waals surface area contributed by atoms with Crippen LogP contribution in [0.25, 0.3) is 0 Å². The maximum atomic E-state index is 13.3. The summed E-state index contributed by atoms with van der Waals surface area (Å²) in [7, 11) is -4.19. The number of nitro benzene ring substituents is 1. The maximum absolute atomic E-state index is 13.3. The average Bonchev–Trinajstić information content (AvgIpc) is 3.01. The van der Waals surface area contributed by atoms with Gasteiger partial charge in [0.1, 0.15) is 12.3 Å². The highest BCUT2D eigenvalue weighted by Gasteiger charge is 2.27. The number of hydrogen-bond donors (Lipinski definition) is 2. The number of benzene rings is 4. The van der Waals surface area contributed by atoms with Gasteiger partial charge in [0.15, 0.2) is 6.61 Å². The zero-order chi connectivity index (χ0) is 30.8. The molecule has 43 heavy (non-hydrogen) atoms. The van der Waals surface area contributed by atoms with Crippen molar-refractivity contribution in [1.29, 1.82) is 0 Å². The summed E-state index contributed by atoms with van der Waals surface area (Å²) in [6.07, 6.45) is 1.34. The molecule has 0 aromatic heterocycles. The monoisotopic (exact) mass is 621 g/mol. The molecule has 0 aliphatic carbocycles. The van der Waals surface area contributed by atoms with Gasteiger partial charge in [-0.1, -0.05) is 41.9 Å². The average molecular weight is 622 g/mol. The molecule has 0 atom stereocenters. The standard InChI is InChI=1S/C29H24ClN5O7S/c30-26-8-4-5-9-27(26)32-29(37)20-42-24-16-10-21(11-17-24)18-31-33-28(36)19-34(22-12-14-23(15-13-22)35(38)39)43(40,41)25-6-2-1-3-7-25/h1-18H,19-20H2,(H,32,37)(H,33,36)/b31-18-. The van der Waals surface area contributed by atoms with Crippen LogP contribution in [0.4, 0.5) is 17.1 Å². The van der Waals surface area contributed by atoms with E-state index in [4.69, 9.17) is 16.3 Å². The highest BCUT2D eigenvalue weighted by atomic mass is 35.5. The molecule has 4 rings (SSSR count). The summed E-state index contributed by atoms with van der Waals surface area (Å²) in [6.45, 7) is -0.888. The van der Waals surface area contributed by atoms with Crippen molar-refractivity contribution in [1.82, 2.24) is 5.43 Å². The number of non-ortho nitro benzene ring substituents is 1. The summed E-state index contributed by atoms with van der Waals surface area (Å²) in [4.78, 5) is 35.2. The molecule has 0 aliphatic heterocycles. The van der Waals surface area contributed by atoms with Crippen LogP contribution in [0.3, 0.4) is 0 Å². The van der Waals surface area contributed by atoms with Crippen LogP contribution in [-0.4, -0.2) is 44.5 Å². The Labute approximate surface area is 251 Å². The van der Waals surface area contributed by atoms with Crippen molar-refractivity contribution in [2.75, 3.05) is 22.8 Å². The summed E-state index contributed by atoms with van der Waals surface area (Å²) in [6, 6.07) is 25.6. The molecule has 0 saturated carbocycles. The van der Waals surface area contributed by atoms with Gasteiger partial charge in [-0.25, -0.2) is 13.8 Å². The van der Waals surface area contributed by atoms with Gasteiger partial charge in [-0.05, 0) is 66.2 Å². The highest BCUT2D eigenvalue weighted by Crippen LogP contribution is 2.26. The third-order valence-electron chi connectivity index (χ3n) is 5.77. The Hall–Kier alpha value is -5.27. The number of nitrogens with zero attached hydrogens (tertiary/aromatic N) is 3. The van der Waals surface area contributed by atoms with E-state index in [1.54, 1.807) is 54.6 Å². The Bertz CT molecular complexity index is 1730. The lowest BCUT2D eigenvalue weighted by molar-refractivity contribution is -0.384. The van der Waals surface area contributed by atoms with Crippen LogP contribution in [-0.2, 0) is 19.6 Å². The molecule has 0 fully saturated rings. The number of amides is 2. The van der Waals surface area contributed by atoms with Crippen molar-refractivity contribution in [2.45, 2.75) is 4.90 Å². The van der Waals surface area contributed by atoms with Crippen LogP contribution in [0.5, 0.6) is 5.75 Å². The minimum atomic E-state index is -4.19. The Morgan fingerprint density at radius 1 is 0.907 bits per heavy atom. The van der Waals surface area contributed by atoms with E-state index in [1.165, 1.54) is 42.6 Å². The number of ether oxygens (including phenoxy) is 1. The van der Waals surface area contributed by atoms with Crippen LogP contribution >= 0.6 is 11.6 Å². The molecule has 2 N–H and O–H groups in total. The molecule has 0 aliphatic rings. The van der Waals surface area contributed by atoms with E-state index in [0.29, 0.717) is 22.0 Å². The van der Waals surface area contributed by atoms with E-state index in [-0.39, 0.29) is 22.9 Å². The first kappa shape index (κ1) is 30.7. The Morgan fingerprint density at radius 3 is 2.21 bits per heavy atom. The highest BCUT2D eigenvalue weighted by molar-refractivity contribution is 7.92. The lowest BCUT2D eigenvalue weighted by Gasteiger charge is -2.23. The number of anilines is 2. The van der Waals surface area contributed by atoms with Gasteiger partial charge in [-0.3, -0.25) is 24.0 Å². The number of halogens is 1. The lowest BCUT2D eigenvalue weighted by atomic mass is 10.2. The molecule has 0 saturated heterocycles. The second kappa shape index (κ2) is 14.1. The summed E-state index contributed by atoms with van der Waals surface area (Å²) in [5.41, 5.74) is 3.17. The van der Waals surface area contributed by atoms with Crippen molar-refractivity contribution in [2.24, 2.45) is 5.10 Å². The van der Waals surface area contributed by atoms with Gasteiger partial charge >= 0.3 is 0 Å².